The maximum atomic E-state index is 15.2. The molecule has 0 saturated carbocycles. The monoisotopic (exact) mass is 913 g/mol. The van der Waals surface area contributed by atoms with Crippen LogP contribution in [0.25, 0.3) is 33.5 Å². The van der Waals surface area contributed by atoms with E-state index < -0.39 is 29.2 Å². The van der Waals surface area contributed by atoms with Gasteiger partial charge in [0.1, 0.15) is 29.4 Å². The summed E-state index contributed by atoms with van der Waals surface area (Å²) in [4.78, 5) is 68.6. The van der Waals surface area contributed by atoms with E-state index in [1.807, 2.05) is 6.07 Å². The van der Waals surface area contributed by atoms with Crippen LogP contribution in [0.2, 0.25) is 0 Å². The lowest BCUT2D eigenvalue weighted by atomic mass is 9.96. The molecule has 4 heterocycles. The smallest absolute Gasteiger partial charge is 0.328 e. The number of aromatic amines is 1. The van der Waals surface area contributed by atoms with Crippen LogP contribution in [0, 0.1) is 18.6 Å². The molecule has 4 aromatic carbocycles. The van der Waals surface area contributed by atoms with Gasteiger partial charge in [-0.05, 0) is 111 Å². The Balaban J connectivity index is 0.814. The molecule has 2 aliphatic heterocycles. The lowest BCUT2D eigenvalue weighted by Gasteiger charge is -2.34. The molecule has 67 heavy (non-hydrogen) atoms. The number of amides is 5. The highest BCUT2D eigenvalue weighted by atomic mass is 19.1. The first-order valence-corrected chi connectivity index (χ1v) is 22.2. The largest absolute Gasteiger partial charge is 0.495 e. The van der Waals surface area contributed by atoms with E-state index in [1.165, 1.54) is 62.0 Å². The maximum Gasteiger partial charge on any atom is 0.328 e. The fourth-order valence-corrected chi connectivity index (χ4v) is 8.45. The van der Waals surface area contributed by atoms with Crippen molar-refractivity contribution in [2.45, 2.75) is 52.2 Å². The van der Waals surface area contributed by atoms with E-state index in [4.69, 9.17) is 4.74 Å². The number of aromatic nitrogens is 3. The SMILES string of the molecule is COc1cc(C(=O)NCCCCN2CCN(Cc3ccc(-c4cc5c(-c6cc(F)cc(NC(=O)c7ccc(C(C)(C)O)cc7F)c6C)ncnc5[nH]4)cc3)CC2)ccc1N1CCC(=O)NC1=O. The van der Waals surface area contributed by atoms with Crippen molar-refractivity contribution in [2.24, 2.45) is 0 Å². The van der Waals surface area contributed by atoms with Gasteiger partial charge in [-0.1, -0.05) is 30.3 Å². The number of methoxy groups -OCH3 is 1. The lowest BCUT2D eigenvalue weighted by Crippen LogP contribution is -2.49. The van der Waals surface area contributed by atoms with E-state index in [1.54, 1.807) is 25.1 Å². The molecule has 0 spiro atoms. The van der Waals surface area contributed by atoms with Gasteiger partial charge in [0, 0.05) is 80.1 Å². The molecule has 5 N–H and O–H groups in total. The molecule has 15 nitrogen and oxygen atoms in total. The molecule has 2 fully saturated rings. The van der Waals surface area contributed by atoms with Crippen molar-refractivity contribution in [3.8, 4) is 28.3 Å². The number of urea groups is 1. The third kappa shape index (κ3) is 10.6. The molecule has 2 saturated heterocycles. The number of piperazine rings is 1. The molecule has 0 aliphatic carbocycles. The molecule has 0 bridgehead atoms. The van der Waals surface area contributed by atoms with E-state index in [-0.39, 0.29) is 36.0 Å². The standard InChI is InChI=1S/C50H53F2N9O6/c1-30-37(25-35(51)26-40(30)57-48(64)36-13-12-34(24-39(36)52)50(2,3)66)45-38-27-41(56-46(38)55-29-54-45)32-9-7-31(8-10-32)28-60-21-19-59(20-22-60)17-6-5-16-53-47(63)33-11-14-42(43(23-33)67-4)61-18-15-44(62)58-49(61)65/h7-14,23-27,29,66H,5-6,15-22,28H2,1-4H3,(H,53,63)(H,57,64)(H,54,55,56)(H,58,62,65). The number of unbranched alkanes of at least 4 members (excludes halogenated alkanes) is 1. The third-order valence-electron chi connectivity index (χ3n) is 12.3. The van der Waals surface area contributed by atoms with E-state index in [2.05, 4.69) is 65.0 Å². The number of benzene rings is 4. The number of anilines is 2. The summed E-state index contributed by atoms with van der Waals surface area (Å²) in [6, 6.07) is 21.1. The van der Waals surface area contributed by atoms with Crippen LogP contribution in [0.5, 0.6) is 5.75 Å². The summed E-state index contributed by atoms with van der Waals surface area (Å²) in [5.74, 6) is -2.34. The number of fused-ring (bicyclic) bond motifs is 1. The van der Waals surface area contributed by atoms with Crippen LogP contribution in [-0.4, -0.2) is 107 Å². The topological polar surface area (TPSA) is 185 Å². The summed E-state index contributed by atoms with van der Waals surface area (Å²) < 4.78 is 35.6. The highest BCUT2D eigenvalue weighted by molar-refractivity contribution is 6.07. The zero-order valence-electron chi connectivity index (χ0n) is 37.8. The minimum atomic E-state index is -1.29. The van der Waals surface area contributed by atoms with Crippen LogP contribution in [0.1, 0.15) is 70.5 Å². The van der Waals surface area contributed by atoms with Gasteiger partial charge >= 0.3 is 6.03 Å². The molecule has 8 rings (SSSR count). The summed E-state index contributed by atoms with van der Waals surface area (Å²) in [6.45, 7) is 11.1. The number of ether oxygens (including phenoxy) is 1. The number of H-pyrrole nitrogens is 1. The Morgan fingerprint density at radius 3 is 2.36 bits per heavy atom. The van der Waals surface area contributed by atoms with Crippen molar-refractivity contribution >= 4 is 46.2 Å². The van der Waals surface area contributed by atoms with Gasteiger partial charge < -0.3 is 30.4 Å². The van der Waals surface area contributed by atoms with Crippen LogP contribution < -0.4 is 25.6 Å². The summed E-state index contributed by atoms with van der Waals surface area (Å²) in [5.41, 5.74) is 4.81. The van der Waals surface area contributed by atoms with Gasteiger partial charge in [0.15, 0.2) is 0 Å². The van der Waals surface area contributed by atoms with Crippen LogP contribution in [0.4, 0.5) is 25.0 Å². The van der Waals surface area contributed by atoms with Gasteiger partial charge in [0.25, 0.3) is 11.8 Å². The average molecular weight is 914 g/mol. The average Bonchev–Trinajstić information content (AvgIpc) is 3.75. The normalized spacial score (nSPS) is 14.9. The number of imide groups is 1. The molecule has 0 radical (unpaired) electrons. The molecule has 0 unspecified atom stereocenters. The van der Waals surface area contributed by atoms with Gasteiger partial charge in [-0.25, -0.2) is 23.5 Å². The third-order valence-corrected chi connectivity index (χ3v) is 12.3. The van der Waals surface area contributed by atoms with E-state index in [9.17, 15) is 28.7 Å². The summed E-state index contributed by atoms with van der Waals surface area (Å²) in [7, 11) is 1.48. The predicted molar refractivity (Wildman–Crippen MR) is 251 cm³/mol. The Bertz CT molecular complexity index is 2840. The maximum absolute atomic E-state index is 15.2. The highest BCUT2D eigenvalue weighted by Gasteiger charge is 2.28. The van der Waals surface area contributed by atoms with Crippen LogP contribution in [-0.2, 0) is 16.9 Å². The fourth-order valence-electron chi connectivity index (χ4n) is 8.45. The minimum absolute atomic E-state index is 0.167. The quantitative estimate of drug-likeness (QED) is 0.0664. The minimum Gasteiger partial charge on any atom is -0.495 e. The second kappa shape index (κ2) is 19.8. The molecule has 348 valence electrons. The Morgan fingerprint density at radius 2 is 1.64 bits per heavy atom. The Hall–Kier alpha value is -7.08. The van der Waals surface area contributed by atoms with Crippen LogP contribution in [0.3, 0.4) is 0 Å². The molecule has 5 amide bonds. The zero-order valence-corrected chi connectivity index (χ0v) is 37.8. The second-order valence-corrected chi connectivity index (χ2v) is 17.4. The number of hydrogen-bond acceptors (Lipinski definition) is 10. The molecule has 17 heteroatoms. The Labute approximate surface area is 386 Å². The molecule has 2 aliphatic rings. The summed E-state index contributed by atoms with van der Waals surface area (Å²) in [5, 5.41) is 18.9. The van der Waals surface area contributed by atoms with E-state index >= 15 is 4.39 Å². The zero-order chi connectivity index (χ0) is 47.4. The van der Waals surface area contributed by atoms with Crippen LogP contribution >= 0.6 is 0 Å². The first-order valence-electron chi connectivity index (χ1n) is 22.2. The molecule has 2 aromatic heterocycles. The van der Waals surface area contributed by atoms with Gasteiger partial charge in [-0.15, -0.1) is 0 Å². The van der Waals surface area contributed by atoms with Crippen molar-refractivity contribution in [3.63, 3.8) is 0 Å². The van der Waals surface area contributed by atoms with Crippen LogP contribution in [0.15, 0.2) is 85.2 Å². The van der Waals surface area contributed by atoms with Gasteiger partial charge in [-0.2, -0.15) is 0 Å². The van der Waals surface area contributed by atoms with Gasteiger partial charge in [0.2, 0.25) is 5.91 Å². The number of nitrogens with one attached hydrogen (secondary N) is 4. The number of carbonyl (C=O) groups excluding carboxylic acids is 4. The summed E-state index contributed by atoms with van der Waals surface area (Å²) >= 11 is 0. The molecule has 6 aromatic rings. The Morgan fingerprint density at radius 1 is 0.881 bits per heavy atom. The molecule has 0 atom stereocenters. The number of nitrogens with zero attached hydrogens (tertiary/aromatic N) is 5. The molecular weight excluding hydrogens is 861 g/mol. The first-order chi connectivity index (χ1) is 32.1. The number of rotatable bonds is 15. The van der Waals surface area contributed by atoms with E-state index in [0.717, 1.165) is 69.4 Å². The second-order valence-electron chi connectivity index (χ2n) is 17.4. The predicted octanol–water partition coefficient (Wildman–Crippen LogP) is 7.14. The number of hydrogen-bond donors (Lipinski definition) is 5. The highest BCUT2D eigenvalue weighted by Crippen LogP contribution is 2.36. The summed E-state index contributed by atoms with van der Waals surface area (Å²) in [6.07, 6.45) is 3.36. The fraction of sp³-hybridized carbons (Fsp3) is 0.320. The van der Waals surface area contributed by atoms with Crippen molar-refractivity contribution in [1.82, 2.24) is 35.4 Å². The van der Waals surface area contributed by atoms with Crippen molar-refractivity contribution in [3.05, 3.63) is 125 Å². The number of carbonyl (C=O) groups is 4. The van der Waals surface area contributed by atoms with Crippen molar-refractivity contribution < 1.29 is 37.8 Å². The molecular formula is C50H53F2N9O6. The number of aliphatic hydroxyl groups is 1. The number of halogens is 2. The van der Waals surface area contributed by atoms with E-state index in [0.29, 0.717) is 57.0 Å². The first kappa shape index (κ1) is 46.4. The van der Waals surface area contributed by atoms with Gasteiger partial charge in [-0.3, -0.25) is 29.5 Å². The Kier molecular flexibility index (Phi) is 13.7. The lowest BCUT2D eigenvalue weighted by molar-refractivity contribution is -0.120. The van der Waals surface area contributed by atoms with Gasteiger partial charge in [0.05, 0.1) is 29.7 Å². The van der Waals surface area contributed by atoms with Crippen molar-refractivity contribution in [2.75, 3.05) is 63.1 Å². The van der Waals surface area contributed by atoms with Crippen molar-refractivity contribution in [1.29, 1.82) is 0 Å².